The standard InChI is InChI=1S/C22H19N5O2S/c1-13-7-14(10-23)9-18-20(13)27-21(26-18)19-17(4-5-24-22(19)29)25-11-15(12-28)8-16-3-2-6-30-16/h2-7,9,11,15,28H,8,12H2,1H3,(H,24,29)(H,26,27). The molecule has 0 saturated carbocycles. The van der Waals surface area contributed by atoms with E-state index in [1.54, 1.807) is 35.8 Å². The Morgan fingerprint density at radius 3 is 3.00 bits per heavy atom. The number of hydrogen-bond acceptors (Lipinski definition) is 6. The fourth-order valence-electron chi connectivity index (χ4n) is 3.32. The minimum Gasteiger partial charge on any atom is -0.396 e. The molecule has 0 aliphatic heterocycles. The SMILES string of the molecule is Cc1cc(C#N)cc2[nH]c(-c3c(N=CC(CO)Cc4cccs4)cc[nH]c3=O)nc12. The van der Waals surface area contributed by atoms with Crippen molar-refractivity contribution in [1.29, 1.82) is 5.26 Å². The van der Waals surface area contributed by atoms with E-state index in [-0.39, 0.29) is 18.1 Å². The summed E-state index contributed by atoms with van der Waals surface area (Å²) in [4.78, 5) is 28.7. The summed E-state index contributed by atoms with van der Waals surface area (Å²) in [6.45, 7) is 1.83. The van der Waals surface area contributed by atoms with Gasteiger partial charge in [0.2, 0.25) is 0 Å². The summed E-state index contributed by atoms with van der Waals surface area (Å²) in [6.07, 6.45) is 3.89. The molecule has 0 spiro atoms. The molecule has 0 aliphatic rings. The van der Waals surface area contributed by atoms with Gasteiger partial charge in [0, 0.05) is 23.2 Å². The zero-order valence-electron chi connectivity index (χ0n) is 16.2. The van der Waals surface area contributed by atoms with Crippen molar-refractivity contribution in [2.75, 3.05) is 6.61 Å². The highest BCUT2D eigenvalue weighted by atomic mass is 32.1. The van der Waals surface area contributed by atoms with E-state index in [1.165, 1.54) is 6.20 Å². The van der Waals surface area contributed by atoms with Crippen LogP contribution in [0.1, 0.15) is 16.0 Å². The first kappa shape index (κ1) is 19.8. The smallest absolute Gasteiger partial charge is 0.261 e. The van der Waals surface area contributed by atoms with Crippen molar-refractivity contribution in [3.8, 4) is 17.5 Å². The molecule has 1 atom stereocenters. The molecule has 1 aromatic carbocycles. The molecule has 4 aromatic rings. The minimum absolute atomic E-state index is 0.0410. The molecule has 0 amide bonds. The minimum atomic E-state index is -0.319. The van der Waals surface area contributed by atoms with Crippen molar-refractivity contribution in [2.45, 2.75) is 13.3 Å². The van der Waals surface area contributed by atoms with Crippen LogP contribution in [0, 0.1) is 24.2 Å². The number of benzene rings is 1. The lowest BCUT2D eigenvalue weighted by atomic mass is 10.1. The first-order valence-electron chi connectivity index (χ1n) is 9.39. The van der Waals surface area contributed by atoms with Crippen LogP contribution in [0.2, 0.25) is 0 Å². The Labute approximate surface area is 176 Å². The number of aliphatic hydroxyl groups excluding tert-OH is 1. The normalized spacial score (nSPS) is 12.4. The molecule has 0 aliphatic carbocycles. The molecule has 8 heteroatoms. The summed E-state index contributed by atoms with van der Waals surface area (Å²) in [7, 11) is 0. The van der Waals surface area contributed by atoms with Crippen molar-refractivity contribution >= 4 is 34.3 Å². The molecular weight excluding hydrogens is 398 g/mol. The van der Waals surface area contributed by atoms with Crippen LogP contribution in [0.3, 0.4) is 0 Å². The van der Waals surface area contributed by atoms with Crippen LogP contribution in [-0.2, 0) is 6.42 Å². The molecule has 0 bridgehead atoms. The summed E-state index contributed by atoms with van der Waals surface area (Å²) in [5, 5.41) is 20.9. The van der Waals surface area contributed by atoms with Gasteiger partial charge in [-0.15, -0.1) is 11.3 Å². The number of pyridine rings is 1. The molecular formula is C22H19N5O2S. The number of imidazole rings is 1. The van der Waals surface area contributed by atoms with Gasteiger partial charge < -0.3 is 15.1 Å². The van der Waals surface area contributed by atoms with Crippen molar-refractivity contribution in [3.63, 3.8) is 0 Å². The van der Waals surface area contributed by atoms with Crippen molar-refractivity contribution in [2.24, 2.45) is 10.9 Å². The van der Waals surface area contributed by atoms with E-state index in [2.05, 4.69) is 26.0 Å². The maximum Gasteiger partial charge on any atom is 0.261 e. The Hall–Kier alpha value is -3.54. The maximum atomic E-state index is 12.6. The third-order valence-electron chi connectivity index (χ3n) is 4.78. The first-order chi connectivity index (χ1) is 14.6. The number of thiophene rings is 1. The van der Waals surface area contributed by atoms with E-state index in [4.69, 9.17) is 0 Å². The summed E-state index contributed by atoms with van der Waals surface area (Å²) in [5.74, 6) is 0.225. The van der Waals surface area contributed by atoms with Crippen LogP contribution >= 0.6 is 11.3 Å². The van der Waals surface area contributed by atoms with Gasteiger partial charge in [0.1, 0.15) is 11.4 Å². The Kier molecular flexibility index (Phi) is 5.57. The fourth-order valence-corrected chi connectivity index (χ4v) is 4.11. The second-order valence-corrected chi connectivity index (χ2v) is 7.99. The van der Waals surface area contributed by atoms with E-state index < -0.39 is 0 Å². The summed E-state index contributed by atoms with van der Waals surface area (Å²) < 4.78 is 0. The van der Waals surface area contributed by atoms with Crippen LogP contribution in [0.15, 0.2) is 51.7 Å². The van der Waals surface area contributed by atoms with Gasteiger partial charge in [-0.25, -0.2) is 4.98 Å². The van der Waals surface area contributed by atoms with Gasteiger partial charge in [-0.3, -0.25) is 9.79 Å². The third kappa shape index (κ3) is 3.94. The van der Waals surface area contributed by atoms with Crippen LogP contribution < -0.4 is 5.56 Å². The molecule has 3 heterocycles. The second-order valence-electron chi connectivity index (χ2n) is 6.96. The summed E-state index contributed by atoms with van der Waals surface area (Å²) in [6, 6.07) is 11.3. The fraction of sp³-hybridized carbons (Fsp3) is 0.182. The Morgan fingerprint density at radius 2 is 2.27 bits per heavy atom. The largest absolute Gasteiger partial charge is 0.396 e. The van der Waals surface area contributed by atoms with Crippen molar-refractivity contribution < 1.29 is 5.11 Å². The number of H-pyrrole nitrogens is 2. The van der Waals surface area contributed by atoms with E-state index in [0.717, 1.165) is 10.4 Å². The number of aromatic nitrogens is 3. The second kappa shape index (κ2) is 8.45. The summed E-state index contributed by atoms with van der Waals surface area (Å²) in [5.41, 5.74) is 3.21. The van der Waals surface area contributed by atoms with E-state index in [0.29, 0.717) is 40.1 Å². The van der Waals surface area contributed by atoms with Gasteiger partial charge in [-0.2, -0.15) is 5.26 Å². The zero-order chi connectivity index (χ0) is 21.1. The Morgan fingerprint density at radius 1 is 1.40 bits per heavy atom. The van der Waals surface area contributed by atoms with Gasteiger partial charge in [0.05, 0.1) is 35.0 Å². The molecule has 150 valence electrons. The molecule has 0 radical (unpaired) electrons. The Balaban J connectivity index is 1.73. The molecule has 0 fully saturated rings. The van der Waals surface area contributed by atoms with Crippen molar-refractivity contribution in [3.05, 3.63) is 68.3 Å². The topological polar surface area (TPSA) is 118 Å². The number of nitrogens with one attached hydrogen (secondary N) is 2. The lowest BCUT2D eigenvalue weighted by Crippen LogP contribution is -2.11. The highest BCUT2D eigenvalue weighted by Crippen LogP contribution is 2.28. The number of nitrogens with zero attached hydrogens (tertiary/aromatic N) is 3. The van der Waals surface area contributed by atoms with Gasteiger partial charge in [0.25, 0.3) is 5.56 Å². The van der Waals surface area contributed by atoms with E-state index in [1.807, 2.05) is 24.4 Å². The number of aromatic amines is 2. The number of nitriles is 1. The molecule has 3 aromatic heterocycles. The predicted octanol–water partition coefficient (Wildman–Crippen LogP) is 3.71. The molecule has 4 rings (SSSR count). The molecule has 7 nitrogen and oxygen atoms in total. The van der Waals surface area contributed by atoms with Crippen molar-refractivity contribution in [1.82, 2.24) is 15.0 Å². The number of fused-ring (bicyclic) bond motifs is 1. The Bertz CT molecular complexity index is 1310. The maximum absolute atomic E-state index is 12.6. The predicted molar refractivity (Wildman–Crippen MR) is 118 cm³/mol. The third-order valence-corrected chi connectivity index (χ3v) is 5.68. The lowest BCUT2D eigenvalue weighted by Gasteiger charge is -2.07. The first-order valence-corrected chi connectivity index (χ1v) is 10.3. The number of rotatable bonds is 6. The summed E-state index contributed by atoms with van der Waals surface area (Å²) >= 11 is 1.63. The van der Waals surface area contributed by atoms with Gasteiger partial charge >= 0.3 is 0 Å². The van der Waals surface area contributed by atoms with Gasteiger partial charge in [-0.1, -0.05) is 6.07 Å². The van der Waals surface area contributed by atoms with E-state index in [9.17, 15) is 15.2 Å². The highest BCUT2D eigenvalue weighted by molar-refractivity contribution is 7.09. The lowest BCUT2D eigenvalue weighted by molar-refractivity contribution is 0.263. The number of hydrogen-bond donors (Lipinski definition) is 3. The zero-order valence-corrected chi connectivity index (χ0v) is 17.0. The quantitative estimate of drug-likeness (QED) is 0.414. The monoisotopic (exact) mass is 417 g/mol. The number of aryl methyl sites for hydroxylation is 1. The molecule has 3 N–H and O–H groups in total. The molecule has 0 saturated heterocycles. The van der Waals surface area contributed by atoms with Gasteiger partial charge in [-0.05, 0) is 48.6 Å². The number of aliphatic hydroxyl groups is 1. The van der Waals surface area contributed by atoms with Crippen LogP contribution in [0.4, 0.5) is 5.69 Å². The van der Waals surface area contributed by atoms with Crippen LogP contribution in [0.5, 0.6) is 0 Å². The average Bonchev–Trinajstić information content (AvgIpc) is 3.40. The number of aliphatic imine (C=N–C) groups is 1. The van der Waals surface area contributed by atoms with Crippen LogP contribution in [-0.4, -0.2) is 32.9 Å². The highest BCUT2D eigenvalue weighted by Gasteiger charge is 2.16. The van der Waals surface area contributed by atoms with Crippen LogP contribution in [0.25, 0.3) is 22.4 Å². The molecule has 30 heavy (non-hydrogen) atoms. The van der Waals surface area contributed by atoms with Gasteiger partial charge in [0.15, 0.2) is 0 Å². The average molecular weight is 417 g/mol. The van der Waals surface area contributed by atoms with E-state index >= 15 is 0 Å². The molecule has 1 unspecified atom stereocenters.